The summed E-state index contributed by atoms with van der Waals surface area (Å²) in [7, 11) is 0. The van der Waals surface area contributed by atoms with Crippen molar-refractivity contribution < 1.29 is 13.9 Å². The molecule has 6 nitrogen and oxygen atoms in total. The van der Waals surface area contributed by atoms with Gasteiger partial charge in [-0.05, 0) is 37.8 Å². The molecular formula is C19H24N2O4. The molecule has 1 aliphatic rings. The molecule has 0 saturated heterocycles. The van der Waals surface area contributed by atoms with Crippen molar-refractivity contribution in [2.24, 2.45) is 0 Å². The molecule has 0 bridgehead atoms. The number of hydrogen-bond donors (Lipinski definition) is 0. The maximum Gasteiger partial charge on any atom is 0.258 e. The summed E-state index contributed by atoms with van der Waals surface area (Å²) in [4.78, 5) is 12.3. The second-order valence-electron chi connectivity index (χ2n) is 6.24. The number of benzene rings is 1. The van der Waals surface area contributed by atoms with Gasteiger partial charge in [-0.1, -0.05) is 13.8 Å². The Balaban J connectivity index is 2.07. The van der Waals surface area contributed by atoms with Crippen LogP contribution < -0.4 is 13.9 Å². The maximum absolute atomic E-state index is 12.8. The summed E-state index contributed by atoms with van der Waals surface area (Å²) < 4.78 is 13.2. The number of rotatable bonds is 7. The lowest BCUT2D eigenvalue weighted by atomic mass is 10.1. The first-order chi connectivity index (χ1) is 12.2. The van der Waals surface area contributed by atoms with E-state index in [4.69, 9.17) is 9.47 Å². The van der Waals surface area contributed by atoms with Gasteiger partial charge in [0.1, 0.15) is 17.2 Å². The Morgan fingerprint density at radius 2 is 1.92 bits per heavy atom. The van der Waals surface area contributed by atoms with E-state index in [0.717, 1.165) is 28.4 Å². The van der Waals surface area contributed by atoms with Crippen LogP contribution in [0, 0.1) is 10.1 Å². The van der Waals surface area contributed by atoms with Gasteiger partial charge < -0.3 is 19.4 Å². The van der Waals surface area contributed by atoms with Crippen molar-refractivity contribution in [3.63, 3.8) is 0 Å². The molecule has 25 heavy (non-hydrogen) atoms. The molecule has 2 aromatic rings. The number of ether oxygens (including phenoxy) is 2. The van der Waals surface area contributed by atoms with E-state index in [1.165, 1.54) is 6.20 Å². The van der Waals surface area contributed by atoms with Crippen LogP contribution >= 0.6 is 0 Å². The fourth-order valence-corrected chi connectivity index (χ4v) is 3.09. The highest BCUT2D eigenvalue weighted by Gasteiger charge is 2.26. The van der Waals surface area contributed by atoms with Gasteiger partial charge in [0.25, 0.3) is 11.9 Å². The lowest BCUT2D eigenvalue weighted by Gasteiger charge is -2.20. The van der Waals surface area contributed by atoms with Crippen molar-refractivity contribution in [1.82, 2.24) is 4.73 Å². The van der Waals surface area contributed by atoms with Gasteiger partial charge in [0, 0.05) is 23.0 Å². The van der Waals surface area contributed by atoms with Gasteiger partial charge in [0.15, 0.2) is 0 Å². The molecule has 6 heteroatoms. The average molecular weight is 344 g/mol. The van der Waals surface area contributed by atoms with Crippen LogP contribution in [0.4, 0.5) is 0 Å². The van der Waals surface area contributed by atoms with Crippen LogP contribution in [0.5, 0.6) is 11.5 Å². The molecule has 0 radical (unpaired) electrons. The quantitative estimate of drug-likeness (QED) is 0.721. The molecule has 0 fully saturated rings. The fraction of sp³-hybridized carbons (Fsp3) is 0.474. The molecule has 1 aliphatic carbocycles. The topological polar surface area (TPSA) is 69.4 Å². The van der Waals surface area contributed by atoms with E-state index in [2.05, 4.69) is 0 Å². The second kappa shape index (κ2) is 7.59. The highest BCUT2D eigenvalue weighted by Crippen LogP contribution is 2.34. The monoisotopic (exact) mass is 344 g/mol. The van der Waals surface area contributed by atoms with E-state index in [-0.39, 0.29) is 0 Å². The van der Waals surface area contributed by atoms with Crippen LogP contribution in [0.3, 0.4) is 0 Å². The molecular weight excluding hydrogens is 320 g/mol. The summed E-state index contributed by atoms with van der Waals surface area (Å²) in [5, 5.41) is 12.8. The van der Waals surface area contributed by atoms with Gasteiger partial charge in [-0.25, -0.2) is 0 Å². The zero-order chi connectivity index (χ0) is 17.8. The molecule has 0 atom stereocenters. The van der Waals surface area contributed by atoms with Crippen LogP contribution in [0.2, 0.25) is 0 Å². The smallest absolute Gasteiger partial charge is 0.258 e. The SMILES string of the molecule is CCCOc1ccc(-c2c[n+](=O)c3c(n2[O-])CCC3)c(OCCC)c1. The summed E-state index contributed by atoms with van der Waals surface area (Å²) in [5.74, 6) is 1.27. The molecule has 0 spiro atoms. The molecule has 0 aliphatic heterocycles. The average Bonchev–Trinajstić information content (AvgIpc) is 3.12. The summed E-state index contributed by atoms with van der Waals surface area (Å²) in [5.41, 5.74) is 2.09. The summed E-state index contributed by atoms with van der Waals surface area (Å²) in [6.07, 6.45) is 5.25. The fourth-order valence-electron chi connectivity index (χ4n) is 3.09. The summed E-state index contributed by atoms with van der Waals surface area (Å²) in [6, 6.07) is 5.40. The molecule has 134 valence electrons. The standard InChI is InChI=1S/C19H24N2O4/c1-3-10-24-14-8-9-15(19(12-14)25-11-4-2)18-13-20(22)16-6-5-7-17(16)21(18)23/h8-9,12-13H,3-7,10-11H2,1-2H3. The Hall–Kier alpha value is -2.50. The van der Waals surface area contributed by atoms with E-state index < -0.39 is 0 Å². The third kappa shape index (κ3) is 3.48. The normalized spacial score (nSPS) is 12.9. The molecule has 0 unspecified atom stereocenters. The lowest BCUT2D eigenvalue weighted by Crippen LogP contribution is -2.24. The predicted octanol–water partition coefficient (Wildman–Crippen LogP) is 3.48. The van der Waals surface area contributed by atoms with Crippen molar-refractivity contribution in [1.29, 1.82) is 0 Å². The highest BCUT2D eigenvalue weighted by atomic mass is 16.5. The number of nitrogens with zero attached hydrogens (tertiary/aromatic N) is 2. The summed E-state index contributed by atoms with van der Waals surface area (Å²) in [6.45, 7) is 5.21. The zero-order valence-corrected chi connectivity index (χ0v) is 14.8. The first-order valence-corrected chi connectivity index (χ1v) is 8.93. The summed E-state index contributed by atoms with van der Waals surface area (Å²) >= 11 is 0. The van der Waals surface area contributed by atoms with Gasteiger partial charge in [-0.2, -0.15) is 0 Å². The van der Waals surface area contributed by atoms with Crippen molar-refractivity contribution in [3.05, 3.63) is 45.9 Å². The predicted molar refractivity (Wildman–Crippen MR) is 95.6 cm³/mol. The van der Waals surface area contributed by atoms with Crippen LogP contribution in [0.25, 0.3) is 11.3 Å². The second-order valence-corrected chi connectivity index (χ2v) is 6.24. The number of fused-ring (bicyclic) bond motifs is 1. The van der Waals surface area contributed by atoms with Crippen LogP contribution in [-0.2, 0) is 12.8 Å². The Morgan fingerprint density at radius 3 is 2.68 bits per heavy atom. The number of hydrogen-bond acceptors (Lipinski definition) is 4. The van der Waals surface area contributed by atoms with Crippen LogP contribution in [0.15, 0.2) is 24.4 Å². The van der Waals surface area contributed by atoms with E-state index in [0.29, 0.717) is 60.2 Å². The van der Waals surface area contributed by atoms with Crippen LogP contribution in [0.1, 0.15) is 44.5 Å². The molecule has 0 saturated carbocycles. The zero-order valence-electron chi connectivity index (χ0n) is 14.8. The molecule has 0 N–H and O–H groups in total. The van der Waals surface area contributed by atoms with E-state index in [1.54, 1.807) is 12.1 Å². The van der Waals surface area contributed by atoms with Crippen molar-refractivity contribution in [2.45, 2.75) is 46.0 Å². The minimum Gasteiger partial charge on any atom is -0.805 e. The Kier molecular flexibility index (Phi) is 5.26. The van der Waals surface area contributed by atoms with Crippen molar-refractivity contribution in [2.75, 3.05) is 13.2 Å². The van der Waals surface area contributed by atoms with E-state index in [1.807, 2.05) is 19.9 Å². The third-order valence-corrected chi connectivity index (χ3v) is 4.29. The van der Waals surface area contributed by atoms with E-state index >= 15 is 0 Å². The maximum atomic E-state index is 12.8. The lowest BCUT2D eigenvalue weighted by molar-refractivity contribution is -0.504. The van der Waals surface area contributed by atoms with Crippen LogP contribution in [-0.4, -0.2) is 17.9 Å². The Bertz CT molecular complexity index is 814. The van der Waals surface area contributed by atoms with E-state index in [9.17, 15) is 10.1 Å². The van der Waals surface area contributed by atoms with Crippen molar-refractivity contribution in [3.8, 4) is 22.8 Å². The first-order valence-electron chi connectivity index (χ1n) is 8.93. The van der Waals surface area contributed by atoms with Crippen molar-refractivity contribution >= 4 is 0 Å². The molecule has 0 amide bonds. The largest absolute Gasteiger partial charge is 0.805 e. The molecule has 1 aromatic heterocycles. The third-order valence-electron chi connectivity index (χ3n) is 4.29. The molecule has 1 heterocycles. The van der Waals surface area contributed by atoms with Gasteiger partial charge in [0.2, 0.25) is 0 Å². The van der Waals surface area contributed by atoms with Gasteiger partial charge in [-0.15, -0.1) is 0 Å². The number of aromatic nitrogens is 2. The minimum atomic E-state index is 0.323. The highest BCUT2D eigenvalue weighted by molar-refractivity contribution is 5.68. The first kappa shape index (κ1) is 17.3. The molecule has 1 aromatic carbocycles. The van der Waals surface area contributed by atoms with Gasteiger partial charge in [0.05, 0.1) is 23.3 Å². The van der Waals surface area contributed by atoms with Gasteiger partial charge >= 0.3 is 0 Å². The molecule has 3 rings (SSSR count). The minimum absolute atomic E-state index is 0.323. The Labute approximate surface area is 147 Å². The Morgan fingerprint density at radius 1 is 1.16 bits per heavy atom. The van der Waals surface area contributed by atoms with Gasteiger partial charge in [-0.3, -0.25) is 0 Å².